The van der Waals surface area contributed by atoms with Crippen molar-refractivity contribution in [2.24, 2.45) is 16.6 Å². The molecule has 1 atom stereocenters. The van der Waals surface area contributed by atoms with Crippen LogP contribution in [0.4, 0.5) is 0 Å². The number of aliphatic hydroxyl groups excluding tert-OH is 1. The third-order valence-corrected chi connectivity index (χ3v) is 5.12. The largest absolute Gasteiger partial charge is 0.386 e. The molecule has 1 aliphatic carbocycles. The first-order valence-electron chi connectivity index (χ1n) is 7.71. The van der Waals surface area contributed by atoms with Crippen LogP contribution in [0.15, 0.2) is 12.5 Å². The van der Waals surface area contributed by atoms with Gasteiger partial charge in [-0.1, -0.05) is 13.8 Å². The van der Waals surface area contributed by atoms with Crippen LogP contribution in [0, 0.1) is 10.8 Å². The summed E-state index contributed by atoms with van der Waals surface area (Å²) in [5.41, 5.74) is 7.16. The van der Waals surface area contributed by atoms with Gasteiger partial charge in [-0.25, -0.2) is 4.98 Å². The smallest absolute Gasteiger partial charge is 0.102 e. The van der Waals surface area contributed by atoms with E-state index in [1.165, 1.54) is 0 Å². The van der Waals surface area contributed by atoms with Crippen molar-refractivity contribution >= 4 is 0 Å². The second kappa shape index (κ2) is 5.49. The third-order valence-electron chi connectivity index (χ3n) is 5.12. The second-order valence-corrected chi connectivity index (χ2v) is 7.45. The molecule has 1 aromatic heterocycles. The van der Waals surface area contributed by atoms with Gasteiger partial charge in [0.1, 0.15) is 6.10 Å². The van der Waals surface area contributed by atoms with E-state index in [1.807, 2.05) is 0 Å². The van der Waals surface area contributed by atoms with E-state index in [-0.39, 0.29) is 5.41 Å². The number of imidazole rings is 1. The van der Waals surface area contributed by atoms with E-state index in [0.29, 0.717) is 18.0 Å². The van der Waals surface area contributed by atoms with Gasteiger partial charge in [0.05, 0.1) is 18.2 Å². The molecule has 0 bridgehead atoms. The zero-order valence-electron chi connectivity index (χ0n) is 13.3. The topological polar surface area (TPSA) is 64.1 Å². The first-order chi connectivity index (χ1) is 9.31. The summed E-state index contributed by atoms with van der Waals surface area (Å²) in [6.45, 7) is 9.36. The van der Waals surface area contributed by atoms with Crippen LogP contribution >= 0.6 is 0 Å². The van der Waals surface area contributed by atoms with Gasteiger partial charge in [-0.05, 0) is 44.9 Å². The van der Waals surface area contributed by atoms with Crippen molar-refractivity contribution in [2.45, 2.75) is 65.5 Å². The normalized spacial score (nSPS) is 22.9. The van der Waals surface area contributed by atoms with Gasteiger partial charge >= 0.3 is 0 Å². The molecule has 1 aliphatic rings. The van der Waals surface area contributed by atoms with Gasteiger partial charge in [0.25, 0.3) is 0 Å². The van der Waals surface area contributed by atoms with Crippen molar-refractivity contribution in [1.82, 2.24) is 9.55 Å². The van der Waals surface area contributed by atoms with Crippen molar-refractivity contribution in [2.75, 3.05) is 6.54 Å². The average Bonchev–Trinajstić information content (AvgIpc) is 2.88. The molecule has 4 heteroatoms. The number of aliphatic hydroxyl groups is 1. The molecular weight excluding hydrogens is 250 g/mol. The van der Waals surface area contributed by atoms with E-state index in [1.54, 1.807) is 12.5 Å². The van der Waals surface area contributed by atoms with Crippen LogP contribution in [0.5, 0.6) is 0 Å². The summed E-state index contributed by atoms with van der Waals surface area (Å²) >= 11 is 0. The number of hydrogen-bond acceptors (Lipinski definition) is 3. The lowest BCUT2D eigenvalue weighted by Crippen LogP contribution is -2.42. The quantitative estimate of drug-likeness (QED) is 0.890. The highest BCUT2D eigenvalue weighted by molar-refractivity contribution is 5.11. The molecule has 0 spiro atoms. The highest BCUT2D eigenvalue weighted by atomic mass is 16.3. The molecule has 1 unspecified atom stereocenters. The monoisotopic (exact) mass is 279 g/mol. The maximum atomic E-state index is 10.9. The standard InChI is InChI=1S/C16H29N3O/c1-12(2)19-11-18-9-13(19)14(20)16(10-17)7-5-15(3,4)6-8-16/h9,11-12,14,20H,5-8,10,17H2,1-4H3. The molecule has 1 fully saturated rings. The molecule has 1 saturated carbocycles. The van der Waals surface area contributed by atoms with Crippen molar-refractivity contribution in [3.05, 3.63) is 18.2 Å². The summed E-state index contributed by atoms with van der Waals surface area (Å²) in [7, 11) is 0. The van der Waals surface area contributed by atoms with Crippen LogP contribution in [-0.4, -0.2) is 21.2 Å². The van der Waals surface area contributed by atoms with Crippen LogP contribution in [0.25, 0.3) is 0 Å². The fourth-order valence-electron chi connectivity index (χ4n) is 3.29. The summed E-state index contributed by atoms with van der Waals surface area (Å²) in [6, 6.07) is 0.303. The summed E-state index contributed by atoms with van der Waals surface area (Å²) in [6.07, 6.45) is 7.30. The lowest BCUT2D eigenvalue weighted by molar-refractivity contribution is -0.0281. The Kier molecular flexibility index (Phi) is 4.26. The van der Waals surface area contributed by atoms with Gasteiger partial charge in [-0.3, -0.25) is 0 Å². The second-order valence-electron chi connectivity index (χ2n) is 7.45. The Morgan fingerprint density at radius 1 is 1.30 bits per heavy atom. The number of aromatic nitrogens is 2. The van der Waals surface area contributed by atoms with Crippen LogP contribution in [-0.2, 0) is 0 Å². The minimum absolute atomic E-state index is 0.192. The summed E-state index contributed by atoms with van der Waals surface area (Å²) in [5, 5.41) is 10.9. The van der Waals surface area contributed by atoms with Gasteiger partial charge in [-0.15, -0.1) is 0 Å². The fraction of sp³-hybridized carbons (Fsp3) is 0.812. The highest BCUT2D eigenvalue weighted by Crippen LogP contribution is 2.50. The van der Waals surface area contributed by atoms with E-state index in [0.717, 1.165) is 31.4 Å². The average molecular weight is 279 g/mol. The zero-order valence-corrected chi connectivity index (χ0v) is 13.3. The van der Waals surface area contributed by atoms with Crippen molar-refractivity contribution < 1.29 is 5.11 Å². The molecule has 0 aliphatic heterocycles. The molecule has 3 N–H and O–H groups in total. The zero-order chi connectivity index (χ0) is 15.0. The van der Waals surface area contributed by atoms with E-state index in [2.05, 4.69) is 37.2 Å². The molecule has 0 radical (unpaired) electrons. The van der Waals surface area contributed by atoms with Gasteiger partial charge < -0.3 is 15.4 Å². The van der Waals surface area contributed by atoms with Crippen LogP contribution in [0.2, 0.25) is 0 Å². The van der Waals surface area contributed by atoms with Crippen molar-refractivity contribution in [3.8, 4) is 0 Å². The molecule has 1 aromatic rings. The highest BCUT2D eigenvalue weighted by Gasteiger charge is 2.44. The SMILES string of the molecule is CC(C)n1cncc1C(O)C1(CN)CCC(C)(C)CC1. The predicted molar refractivity (Wildman–Crippen MR) is 81.3 cm³/mol. The number of rotatable bonds is 4. The number of hydrogen-bond donors (Lipinski definition) is 2. The molecule has 0 amide bonds. The van der Waals surface area contributed by atoms with Gasteiger partial charge in [0, 0.05) is 18.0 Å². The summed E-state index contributed by atoms with van der Waals surface area (Å²) < 4.78 is 2.06. The minimum atomic E-state index is -0.520. The first-order valence-corrected chi connectivity index (χ1v) is 7.71. The molecule has 1 heterocycles. The Morgan fingerprint density at radius 3 is 2.40 bits per heavy atom. The van der Waals surface area contributed by atoms with Gasteiger partial charge in [-0.2, -0.15) is 0 Å². The molecule has 0 aromatic carbocycles. The number of nitrogens with zero attached hydrogens (tertiary/aromatic N) is 2. The summed E-state index contributed by atoms with van der Waals surface area (Å²) in [4.78, 5) is 4.22. The van der Waals surface area contributed by atoms with Crippen LogP contribution in [0.1, 0.15) is 71.2 Å². The Morgan fingerprint density at radius 2 is 1.90 bits per heavy atom. The van der Waals surface area contributed by atoms with E-state index >= 15 is 0 Å². The molecular formula is C16H29N3O. The molecule has 20 heavy (non-hydrogen) atoms. The minimum Gasteiger partial charge on any atom is -0.386 e. The Hall–Kier alpha value is -0.870. The van der Waals surface area contributed by atoms with Crippen molar-refractivity contribution in [3.63, 3.8) is 0 Å². The summed E-state index contributed by atoms with van der Waals surface area (Å²) in [5.74, 6) is 0. The molecule has 4 nitrogen and oxygen atoms in total. The third kappa shape index (κ3) is 2.77. The van der Waals surface area contributed by atoms with Gasteiger partial charge in [0.15, 0.2) is 0 Å². The van der Waals surface area contributed by atoms with E-state index < -0.39 is 6.10 Å². The van der Waals surface area contributed by atoms with Crippen LogP contribution in [0.3, 0.4) is 0 Å². The van der Waals surface area contributed by atoms with Gasteiger partial charge in [0.2, 0.25) is 0 Å². The predicted octanol–water partition coefficient (Wildman–Crippen LogP) is 3.04. The fourth-order valence-corrected chi connectivity index (χ4v) is 3.29. The number of nitrogens with two attached hydrogens (primary N) is 1. The molecule has 0 saturated heterocycles. The molecule has 114 valence electrons. The Labute approximate surface area is 122 Å². The lowest BCUT2D eigenvalue weighted by Gasteiger charge is -2.45. The van der Waals surface area contributed by atoms with E-state index in [9.17, 15) is 5.11 Å². The van der Waals surface area contributed by atoms with Crippen LogP contribution < -0.4 is 5.73 Å². The molecule has 2 rings (SSSR count). The lowest BCUT2D eigenvalue weighted by atomic mass is 9.62. The van der Waals surface area contributed by atoms with E-state index in [4.69, 9.17) is 5.73 Å². The first kappa shape index (κ1) is 15.5. The maximum Gasteiger partial charge on any atom is 0.102 e. The Balaban J connectivity index is 2.25. The maximum absolute atomic E-state index is 10.9. The van der Waals surface area contributed by atoms with Crippen molar-refractivity contribution in [1.29, 1.82) is 0 Å². The Bertz CT molecular complexity index is 440.